The fourth-order valence-corrected chi connectivity index (χ4v) is 1.90. The van der Waals surface area contributed by atoms with Crippen molar-refractivity contribution in [1.82, 2.24) is 4.90 Å². The van der Waals surface area contributed by atoms with E-state index in [0.29, 0.717) is 19.6 Å². The van der Waals surface area contributed by atoms with Gasteiger partial charge in [0.25, 0.3) is 0 Å². The molecule has 0 radical (unpaired) electrons. The Labute approximate surface area is 90.2 Å². The SMILES string of the molecule is COCCC(N)C(=O)N1CCC[C@H]1CO. The quantitative estimate of drug-likeness (QED) is 0.639. The minimum atomic E-state index is -0.503. The monoisotopic (exact) mass is 216 g/mol. The highest BCUT2D eigenvalue weighted by molar-refractivity contribution is 5.82. The number of carbonyl (C=O) groups excluding carboxylic acids is 1. The minimum Gasteiger partial charge on any atom is -0.394 e. The lowest BCUT2D eigenvalue weighted by Gasteiger charge is -2.25. The van der Waals surface area contributed by atoms with Crippen molar-refractivity contribution in [3.63, 3.8) is 0 Å². The van der Waals surface area contributed by atoms with Gasteiger partial charge in [-0.25, -0.2) is 0 Å². The number of likely N-dealkylation sites (tertiary alicyclic amines) is 1. The summed E-state index contributed by atoms with van der Waals surface area (Å²) in [6, 6.07) is -0.539. The first-order valence-corrected chi connectivity index (χ1v) is 5.36. The van der Waals surface area contributed by atoms with Crippen molar-refractivity contribution in [2.24, 2.45) is 5.73 Å². The Morgan fingerprint density at radius 1 is 1.73 bits per heavy atom. The fraction of sp³-hybridized carbons (Fsp3) is 0.900. The van der Waals surface area contributed by atoms with Gasteiger partial charge in [0, 0.05) is 20.3 Å². The smallest absolute Gasteiger partial charge is 0.239 e. The van der Waals surface area contributed by atoms with E-state index in [4.69, 9.17) is 15.6 Å². The topological polar surface area (TPSA) is 75.8 Å². The van der Waals surface area contributed by atoms with Crippen LogP contribution in [0.5, 0.6) is 0 Å². The van der Waals surface area contributed by atoms with Gasteiger partial charge in [0.1, 0.15) is 0 Å². The molecule has 0 aliphatic carbocycles. The first-order valence-electron chi connectivity index (χ1n) is 5.36. The number of nitrogens with zero attached hydrogens (tertiary/aromatic N) is 1. The predicted molar refractivity (Wildman–Crippen MR) is 56.3 cm³/mol. The lowest BCUT2D eigenvalue weighted by Crippen LogP contribution is -2.47. The number of aliphatic hydroxyl groups excluding tert-OH is 1. The molecule has 0 aromatic rings. The Bertz CT molecular complexity index is 211. The van der Waals surface area contributed by atoms with Gasteiger partial charge in [0.15, 0.2) is 0 Å². The lowest BCUT2D eigenvalue weighted by atomic mass is 10.2. The summed E-state index contributed by atoms with van der Waals surface area (Å²) in [5.41, 5.74) is 5.75. The molecule has 15 heavy (non-hydrogen) atoms. The molecule has 0 saturated carbocycles. The molecule has 1 aliphatic heterocycles. The number of ether oxygens (including phenoxy) is 1. The second kappa shape index (κ2) is 6.05. The summed E-state index contributed by atoms with van der Waals surface area (Å²) >= 11 is 0. The highest BCUT2D eigenvalue weighted by atomic mass is 16.5. The maximum atomic E-state index is 11.9. The molecule has 2 atom stereocenters. The maximum Gasteiger partial charge on any atom is 0.239 e. The highest BCUT2D eigenvalue weighted by Crippen LogP contribution is 2.17. The number of amides is 1. The van der Waals surface area contributed by atoms with Crippen LogP contribution in [0.4, 0.5) is 0 Å². The molecular weight excluding hydrogens is 196 g/mol. The van der Waals surface area contributed by atoms with Crippen molar-refractivity contribution in [3.8, 4) is 0 Å². The number of hydrogen-bond donors (Lipinski definition) is 2. The van der Waals surface area contributed by atoms with Crippen LogP contribution in [0.3, 0.4) is 0 Å². The van der Waals surface area contributed by atoms with Crippen LogP contribution in [0.25, 0.3) is 0 Å². The van der Waals surface area contributed by atoms with Gasteiger partial charge in [0.2, 0.25) is 5.91 Å². The summed E-state index contributed by atoms with van der Waals surface area (Å²) < 4.78 is 4.88. The van der Waals surface area contributed by atoms with Crippen molar-refractivity contribution in [1.29, 1.82) is 0 Å². The first kappa shape index (κ1) is 12.4. The summed E-state index contributed by atoms with van der Waals surface area (Å²) in [4.78, 5) is 13.5. The lowest BCUT2D eigenvalue weighted by molar-refractivity contribution is -0.134. The van der Waals surface area contributed by atoms with Crippen LogP contribution in [-0.4, -0.2) is 54.9 Å². The molecule has 88 valence electrons. The number of methoxy groups -OCH3 is 1. The fourth-order valence-electron chi connectivity index (χ4n) is 1.90. The zero-order chi connectivity index (χ0) is 11.3. The normalized spacial score (nSPS) is 23.1. The average molecular weight is 216 g/mol. The van der Waals surface area contributed by atoms with E-state index in [9.17, 15) is 4.79 Å². The molecule has 1 amide bonds. The van der Waals surface area contributed by atoms with Crippen molar-refractivity contribution in [2.45, 2.75) is 31.3 Å². The molecule has 3 N–H and O–H groups in total. The van der Waals surface area contributed by atoms with Crippen LogP contribution >= 0.6 is 0 Å². The molecule has 1 fully saturated rings. The van der Waals surface area contributed by atoms with Crippen LogP contribution in [0, 0.1) is 0 Å². The van der Waals surface area contributed by atoms with Gasteiger partial charge in [-0.2, -0.15) is 0 Å². The zero-order valence-electron chi connectivity index (χ0n) is 9.19. The van der Waals surface area contributed by atoms with E-state index >= 15 is 0 Å². The molecule has 5 nitrogen and oxygen atoms in total. The van der Waals surface area contributed by atoms with Crippen LogP contribution < -0.4 is 5.73 Å². The Morgan fingerprint density at radius 2 is 2.47 bits per heavy atom. The standard InChI is InChI=1S/C10H20N2O3/c1-15-6-4-9(11)10(14)12-5-2-3-8(12)7-13/h8-9,13H,2-7,11H2,1H3/t8-,9?/m0/s1. The Hall–Kier alpha value is -0.650. The third-order valence-corrected chi connectivity index (χ3v) is 2.82. The molecule has 0 aromatic heterocycles. The van der Waals surface area contributed by atoms with Crippen LogP contribution in [-0.2, 0) is 9.53 Å². The van der Waals surface area contributed by atoms with E-state index in [0.717, 1.165) is 12.8 Å². The number of carbonyl (C=O) groups is 1. The predicted octanol–water partition coefficient (Wildman–Crippen LogP) is -0.666. The van der Waals surface area contributed by atoms with E-state index in [1.807, 2.05) is 0 Å². The zero-order valence-corrected chi connectivity index (χ0v) is 9.19. The van der Waals surface area contributed by atoms with Gasteiger partial charge in [-0.15, -0.1) is 0 Å². The highest BCUT2D eigenvalue weighted by Gasteiger charge is 2.30. The van der Waals surface area contributed by atoms with E-state index in [1.54, 1.807) is 12.0 Å². The van der Waals surface area contributed by atoms with Crippen molar-refractivity contribution in [3.05, 3.63) is 0 Å². The average Bonchev–Trinajstić information content (AvgIpc) is 2.72. The number of nitrogens with two attached hydrogens (primary N) is 1. The largest absolute Gasteiger partial charge is 0.394 e. The van der Waals surface area contributed by atoms with Gasteiger partial charge in [-0.05, 0) is 19.3 Å². The van der Waals surface area contributed by atoms with Crippen LogP contribution in [0.2, 0.25) is 0 Å². The second-order valence-electron chi connectivity index (χ2n) is 3.90. The summed E-state index contributed by atoms with van der Waals surface area (Å²) in [5.74, 6) is -0.0661. The van der Waals surface area contributed by atoms with E-state index in [-0.39, 0.29) is 18.6 Å². The number of hydrogen-bond acceptors (Lipinski definition) is 4. The number of rotatable bonds is 5. The summed E-state index contributed by atoms with van der Waals surface area (Å²) in [5, 5.41) is 9.08. The minimum absolute atomic E-state index is 0.0305. The molecule has 1 heterocycles. The van der Waals surface area contributed by atoms with Gasteiger partial charge in [0.05, 0.1) is 18.7 Å². The third kappa shape index (κ3) is 3.15. The molecule has 1 rings (SSSR count). The molecule has 0 bridgehead atoms. The first-order chi connectivity index (χ1) is 7.20. The third-order valence-electron chi connectivity index (χ3n) is 2.82. The van der Waals surface area contributed by atoms with E-state index in [1.165, 1.54) is 0 Å². The summed E-state index contributed by atoms with van der Waals surface area (Å²) in [6.45, 7) is 1.23. The number of aliphatic hydroxyl groups is 1. The van der Waals surface area contributed by atoms with E-state index < -0.39 is 6.04 Å². The Morgan fingerprint density at radius 3 is 3.07 bits per heavy atom. The van der Waals surface area contributed by atoms with Crippen molar-refractivity contribution >= 4 is 5.91 Å². The molecule has 0 spiro atoms. The van der Waals surface area contributed by atoms with Gasteiger partial charge in [-0.3, -0.25) is 4.79 Å². The molecule has 1 unspecified atom stereocenters. The van der Waals surface area contributed by atoms with Gasteiger partial charge >= 0.3 is 0 Å². The molecule has 5 heteroatoms. The van der Waals surface area contributed by atoms with Crippen molar-refractivity contribution < 1.29 is 14.6 Å². The van der Waals surface area contributed by atoms with Crippen LogP contribution in [0.1, 0.15) is 19.3 Å². The van der Waals surface area contributed by atoms with Gasteiger partial charge < -0.3 is 20.5 Å². The van der Waals surface area contributed by atoms with Crippen LogP contribution in [0.15, 0.2) is 0 Å². The van der Waals surface area contributed by atoms with Crippen molar-refractivity contribution in [2.75, 3.05) is 26.9 Å². The van der Waals surface area contributed by atoms with E-state index in [2.05, 4.69) is 0 Å². The van der Waals surface area contributed by atoms with Gasteiger partial charge in [-0.1, -0.05) is 0 Å². The molecule has 1 aliphatic rings. The second-order valence-corrected chi connectivity index (χ2v) is 3.90. The molecule has 1 saturated heterocycles. The summed E-state index contributed by atoms with van der Waals surface area (Å²) in [6.07, 6.45) is 2.36. The Kier molecular flexibility index (Phi) is 5.01. The Balaban J connectivity index is 2.44. The molecular formula is C10H20N2O3. The molecule has 0 aromatic carbocycles. The summed E-state index contributed by atoms with van der Waals surface area (Å²) in [7, 11) is 1.59. The maximum absolute atomic E-state index is 11.9.